The Kier molecular flexibility index (Phi) is 5.46. The molecule has 0 N–H and O–H groups in total. The van der Waals surface area contributed by atoms with E-state index >= 15 is 0 Å². The maximum Gasteiger partial charge on any atom is 0.349 e. The molecule has 6 heteroatoms. The maximum atomic E-state index is 11.8. The van der Waals surface area contributed by atoms with Crippen LogP contribution >= 0.6 is 0 Å². The van der Waals surface area contributed by atoms with Gasteiger partial charge in [-0.1, -0.05) is 24.3 Å². The van der Waals surface area contributed by atoms with Crippen LogP contribution in [0.5, 0.6) is 11.5 Å². The van der Waals surface area contributed by atoms with Crippen LogP contribution in [0.2, 0.25) is 0 Å². The predicted octanol–water partition coefficient (Wildman–Crippen LogP) is 3.31. The van der Waals surface area contributed by atoms with E-state index in [1.54, 1.807) is 12.1 Å². The molecule has 23 heavy (non-hydrogen) atoms. The zero-order chi connectivity index (χ0) is 16.7. The second-order valence-electron chi connectivity index (χ2n) is 4.61. The average Bonchev–Trinajstić information content (AvgIpc) is 2.55. The number of nitro groups is 1. The predicted molar refractivity (Wildman–Crippen MR) is 84.6 cm³/mol. The van der Waals surface area contributed by atoms with E-state index in [0.29, 0.717) is 12.2 Å². The molecule has 0 saturated heterocycles. The molecule has 0 fully saturated rings. The van der Waals surface area contributed by atoms with Crippen molar-refractivity contribution in [3.05, 3.63) is 76.9 Å². The van der Waals surface area contributed by atoms with E-state index in [9.17, 15) is 14.9 Å². The fourth-order valence-corrected chi connectivity index (χ4v) is 1.90. The molecule has 2 aromatic carbocycles. The Morgan fingerprint density at radius 3 is 2.52 bits per heavy atom. The fourth-order valence-electron chi connectivity index (χ4n) is 1.90. The third-order valence-electron chi connectivity index (χ3n) is 2.96. The number of nitro benzene ring substituents is 1. The fraction of sp³-hybridized carbons (Fsp3) is 0.118. The van der Waals surface area contributed by atoms with Crippen LogP contribution in [0.4, 0.5) is 5.69 Å². The van der Waals surface area contributed by atoms with Crippen molar-refractivity contribution in [2.45, 2.75) is 6.42 Å². The molecular weight excluding hydrogens is 298 g/mol. The van der Waals surface area contributed by atoms with Crippen LogP contribution in [0.3, 0.4) is 0 Å². The van der Waals surface area contributed by atoms with Gasteiger partial charge < -0.3 is 9.47 Å². The van der Waals surface area contributed by atoms with E-state index in [4.69, 9.17) is 9.47 Å². The van der Waals surface area contributed by atoms with Crippen molar-refractivity contribution < 1.29 is 19.2 Å². The Morgan fingerprint density at radius 2 is 1.87 bits per heavy atom. The summed E-state index contributed by atoms with van der Waals surface area (Å²) >= 11 is 0. The van der Waals surface area contributed by atoms with Gasteiger partial charge >= 0.3 is 5.97 Å². The first-order valence-electron chi connectivity index (χ1n) is 6.87. The molecule has 0 aliphatic heterocycles. The molecule has 0 aromatic heterocycles. The lowest BCUT2D eigenvalue weighted by Gasteiger charge is -2.10. The van der Waals surface area contributed by atoms with Crippen molar-refractivity contribution in [1.29, 1.82) is 0 Å². The number of para-hydroxylation sites is 1. The lowest BCUT2D eigenvalue weighted by Crippen LogP contribution is -2.18. The van der Waals surface area contributed by atoms with Gasteiger partial charge in [-0.15, -0.1) is 6.58 Å². The van der Waals surface area contributed by atoms with E-state index < -0.39 is 10.9 Å². The van der Waals surface area contributed by atoms with Crippen molar-refractivity contribution in [2.75, 3.05) is 6.61 Å². The van der Waals surface area contributed by atoms with E-state index in [0.717, 1.165) is 5.56 Å². The van der Waals surface area contributed by atoms with E-state index in [1.807, 2.05) is 18.2 Å². The third-order valence-corrected chi connectivity index (χ3v) is 2.96. The van der Waals surface area contributed by atoms with Gasteiger partial charge in [-0.2, -0.15) is 0 Å². The highest BCUT2D eigenvalue weighted by Crippen LogP contribution is 2.20. The quantitative estimate of drug-likeness (QED) is 0.258. The number of hydrogen-bond donors (Lipinski definition) is 0. The lowest BCUT2D eigenvalue weighted by atomic mass is 10.1. The Hall–Kier alpha value is -3.15. The van der Waals surface area contributed by atoms with Crippen LogP contribution in [0.15, 0.2) is 61.2 Å². The number of allylic oxidation sites excluding steroid dienone is 1. The number of carbonyl (C=O) groups is 1. The standard InChI is InChI=1S/C17H15NO5/c1-2-5-13-6-3-4-7-16(13)22-12-17(19)23-15-10-8-14(9-11-15)18(20)21/h2-4,6-11H,1,5,12H2. The van der Waals surface area contributed by atoms with Gasteiger partial charge in [-0.05, 0) is 30.2 Å². The summed E-state index contributed by atoms with van der Waals surface area (Å²) in [4.78, 5) is 21.8. The van der Waals surface area contributed by atoms with Gasteiger partial charge in [0.25, 0.3) is 5.69 Å². The molecule has 0 heterocycles. The topological polar surface area (TPSA) is 78.7 Å². The number of carbonyl (C=O) groups excluding carboxylic acids is 1. The first-order chi connectivity index (χ1) is 11.1. The number of benzene rings is 2. The average molecular weight is 313 g/mol. The van der Waals surface area contributed by atoms with Gasteiger partial charge in [0.1, 0.15) is 11.5 Å². The first-order valence-corrected chi connectivity index (χ1v) is 6.87. The van der Waals surface area contributed by atoms with Gasteiger partial charge in [0.2, 0.25) is 0 Å². The van der Waals surface area contributed by atoms with E-state index in [-0.39, 0.29) is 18.0 Å². The Balaban J connectivity index is 1.92. The van der Waals surface area contributed by atoms with Crippen LogP contribution in [-0.2, 0) is 11.2 Å². The summed E-state index contributed by atoms with van der Waals surface area (Å²) in [7, 11) is 0. The van der Waals surface area contributed by atoms with Gasteiger partial charge in [0.05, 0.1) is 4.92 Å². The van der Waals surface area contributed by atoms with Crippen molar-refractivity contribution in [3.63, 3.8) is 0 Å². The van der Waals surface area contributed by atoms with Crippen molar-refractivity contribution in [2.24, 2.45) is 0 Å². The molecule has 0 saturated carbocycles. The summed E-state index contributed by atoms with van der Waals surface area (Å²) < 4.78 is 10.5. The smallest absolute Gasteiger partial charge is 0.349 e. The number of rotatable bonds is 7. The van der Waals surface area contributed by atoms with Crippen molar-refractivity contribution in [3.8, 4) is 11.5 Å². The molecule has 118 valence electrons. The summed E-state index contributed by atoms with van der Waals surface area (Å²) in [5.74, 6) is 0.226. The van der Waals surface area contributed by atoms with Crippen molar-refractivity contribution >= 4 is 11.7 Å². The van der Waals surface area contributed by atoms with E-state index in [2.05, 4.69) is 6.58 Å². The van der Waals surface area contributed by atoms with Gasteiger partial charge in [0, 0.05) is 12.1 Å². The molecule has 0 aliphatic carbocycles. The molecule has 0 bridgehead atoms. The summed E-state index contributed by atoms with van der Waals surface area (Å²) in [6, 6.07) is 12.6. The minimum absolute atomic E-state index is 0.0700. The summed E-state index contributed by atoms with van der Waals surface area (Å²) in [5, 5.41) is 10.5. The van der Waals surface area contributed by atoms with Crippen LogP contribution in [0.25, 0.3) is 0 Å². The molecule has 0 radical (unpaired) electrons. The highest BCUT2D eigenvalue weighted by Gasteiger charge is 2.10. The first kappa shape index (κ1) is 16.2. The largest absolute Gasteiger partial charge is 0.482 e. The van der Waals surface area contributed by atoms with E-state index in [1.165, 1.54) is 24.3 Å². The molecule has 0 spiro atoms. The third kappa shape index (κ3) is 4.67. The second kappa shape index (κ2) is 7.74. The normalized spacial score (nSPS) is 9.91. The van der Waals surface area contributed by atoms with Crippen LogP contribution in [0.1, 0.15) is 5.56 Å². The highest BCUT2D eigenvalue weighted by molar-refractivity contribution is 5.74. The zero-order valence-electron chi connectivity index (χ0n) is 12.3. The summed E-state index contributed by atoms with van der Waals surface area (Å²) in [5.41, 5.74) is 0.852. The summed E-state index contributed by atoms with van der Waals surface area (Å²) in [6.07, 6.45) is 2.38. The van der Waals surface area contributed by atoms with Gasteiger partial charge in [0.15, 0.2) is 6.61 Å². The molecule has 2 rings (SSSR count). The molecule has 0 atom stereocenters. The Morgan fingerprint density at radius 1 is 1.17 bits per heavy atom. The molecule has 2 aromatic rings. The molecule has 6 nitrogen and oxygen atoms in total. The highest BCUT2D eigenvalue weighted by atomic mass is 16.6. The molecule has 0 amide bonds. The summed E-state index contributed by atoms with van der Waals surface area (Å²) in [6.45, 7) is 3.41. The van der Waals surface area contributed by atoms with Gasteiger partial charge in [-0.3, -0.25) is 10.1 Å². The zero-order valence-corrected chi connectivity index (χ0v) is 12.3. The van der Waals surface area contributed by atoms with Crippen LogP contribution in [-0.4, -0.2) is 17.5 Å². The van der Waals surface area contributed by atoms with Crippen LogP contribution < -0.4 is 9.47 Å². The number of esters is 1. The number of ether oxygens (including phenoxy) is 2. The van der Waals surface area contributed by atoms with Crippen molar-refractivity contribution in [1.82, 2.24) is 0 Å². The number of nitrogens with zero attached hydrogens (tertiary/aromatic N) is 1. The Bertz CT molecular complexity index is 709. The maximum absolute atomic E-state index is 11.8. The van der Waals surface area contributed by atoms with Gasteiger partial charge in [-0.25, -0.2) is 4.79 Å². The Labute approximate surface area is 133 Å². The number of hydrogen-bond acceptors (Lipinski definition) is 5. The molecule has 0 unspecified atom stereocenters. The lowest BCUT2D eigenvalue weighted by molar-refractivity contribution is -0.384. The minimum atomic E-state index is -0.591. The molecular formula is C17H15NO5. The second-order valence-corrected chi connectivity index (χ2v) is 4.61. The SMILES string of the molecule is C=CCc1ccccc1OCC(=O)Oc1ccc([N+](=O)[O-])cc1. The minimum Gasteiger partial charge on any atom is -0.482 e. The monoisotopic (exact) mass is 313 g/mol. The molecule has 0 aliphatic rings. The van der Waals surface area contributed by atoms with Crippen LogP contribution in [0, 0.1) is 10.1 Å². The number of non-ortho nitro benzene ring substituents is 1.